The molecule has 4 N–H and O–H groups in total. The highest BCUT2D eigenvalue weighted by atomic mass is 32.2. The van der Waals surface area contributed by atoms with Crippen molar-refractivity contribution in [3.05, 3.63) is 42.1 Å². The van der Waals surface area contributed by atoms with E-state index in [1.807, 2.05) is 0 Å². The summed E-state index contributed by atoms with van der Waals surface area (Å²) in [4.78, 5) is 23.9. The van der Waals surface area contributed by atoms with Crippen molar-refractivity contribution in [3.63, 3.8) is 0 Å². The highest BCUT2D eigenvalue weighted by Crippen LogP contribution is 2.31. The second-order valence-electron chi connectivity index (χ2n) is 5.27. The Morgan fingerprint density at radius 1 is 1.27 bits per heavy atom. The van der Waals surface area contributed by atoms with E-state index in [9.17, 15) is 18.0 Å². The molecule has 1 atom stereocenters. The number of nitrogens with two attached hydrogens (primary N) is 1. The maximum Gasteiger partial charge on any atom is 0.322 e. The summed E-state index contributed by atoms with van der Waals surface area (Å²) in [6.45, 7) is 3.59. The lowest BCUT2D eigenvalue weighted by Crippen LogP contribution is -2.44. The average Bonchev–Trinajstić information content (AvgIpc) is 2.71. The molecule has 1 fully saturated rings. The number of amides is 3. The third-order valence-electron chi connectivity index (χ3n) is 3.54. The Hall–Kier alpha value is -2.35. The van der Waals surface area contributed by atoms with Gasteiger partial charge in [-0.1, -0.05) is 18.7 Å². The standard InChI is InChI=1S/C14H17N3O4S/c1-9(15)7-8-14(12(18)16-13(19)17-14)10-3-5-11(6-4-10)22(2,20)21/h3-6H,1,7-8,15H2,2H3,(H2,16,17,18,19). The molecule has 0 aromatic heterocycles. The topological polar surface area (TPSA) is 118 Å². The summed E-state index contributed by atoms with van der Waals surface area (Å²) >= 11 is 0. The molecule has 0 bridgehead atoms. The van der Waals surface area contributed by atoms with Crippen LogP contribution in [0.25, 0.3) is 0 Å². The molecule has 1 aliphatic heterocycles. The molecule has 1 saturated heterocycles. The van der Waals surface area contributed by atoms with Crippen LogP contribution in [-0.2, 0) is 20.2 Å². The van der Waals surface area contributed by atoms with Gasteiger partial charge < -0.3 is 11.1 Å². The van der Waals surface area contributed by atoms with Crippen molar-refractivity contribution in [2.24, 2.45) is 5.73 Å². The van der Waals surface area contributed by atoms with Gasteiger partial charge in [0.05, 0.1) is 4.90 Å². The fourth-order valence-corrected chi connectivity index (χ4v) is 2.98. The van der Waals surface area contributed by atoms with Crippen LogP contribution in [0, 0.1) is 0 Å². The molecule has 1 heterocycles. The van der Waals surface area contributed by atoms with Gasteiger partial charge in [0.25, 0.3) is 5.91 Å². The maximum absolute atomic E-state index is 12.2. The molecule has 2 rings (SSSR count). The normalized spacial score (nSPS) is 21.3. The minimum atomic E-state index is -3.33. The van der Waals surface area contributed by atoms with Gasteiger partial charge in [0.2, 0.25) is 0 Å². The number of urea groups is 1. The van der Waals surface area contributed by atoms with Gasteiger partial charge in [-0.3, -0.25) is 10.1 Å². The van der Waals surface area contributed by atoms with Crippen LogP contribution in [0.5, 0.6) is 0 Å². The van der Waals surface area contributed by atoms with E-state index in [4.69, 9.17) is 5.73 Å². The third kappa shape index (κ3) is 2.96. The van der Waals surface area contributed by atoms with E-state index in [-0.39, 0.29) is 11.3 Å². The molecule has 1 aromatic rings. The van der Waals surface area contributed by atoms with Gasteiger partial charge in [-0.05, 0) is 30.5 Å². The SMILES string of the molecule is C=C(N)CCC1(c2ccc(S(C)(=O)=O)cc2)NC(=O)NC1=O. The Bertz CT molecular complexity index is 740. The minimum Gasteiger partial charge on any atom is -0.403 e. The number of allylic oxidation sites excluding steroid dienone is 1. The lowest BCUT2D eigenvalue weighted by Gasteiger charge is -2.26. The molecule has 0 radical (unpaired) electrons. The van der Waals surface area contributed by atoms with Crippen molar-refractivity contribution in [2.45, 2.75) is 23.3 Å². The first kappa shape index (κ1) is 16.0. The molecule has 7 nitrogen and oxygen atoms in total. The number of benzene rings is 1. The Labute approximate surface area is 128 Å². The van der Waals surface area contributed by atoms with Gasteiger partial charge in [-0.2, -0.15) is 0 Å². The smallest absolute Gasteiger partial charge is 0.322 e. The van der Waals surface area contributed by atoms with Gasteiger partial charge in [0.1, 0.15) is 5.54 Å². The van der Waals surface area contributed by atoms with Gasteiger partial charge >= 0.3 is 6.03 Å². The van der Waals surface area contributed by atoms with Crippen LogP contribution in [0.3, 0.4) is 0 Å². The first-order valence-electron chi connectivity index (χ1n) is 6.52. The molecule has 1 unspecified atom stereocenters. The Balaban J connectivity index is 2.44. The zero-order valence-electron chi connectivity index (χ0n) is 12.0. The maximum atomic E-state index is 12.2. The van der Waals surface area contributed by atoms with Gasteiger partial charge in [0, 0.05) is 12.0 Å². The number of imide groups is 1. The molecule has 0 aliphatic carbocycles. The first-order valence-corrected chi connectivity index (χ1v) is 8.42. The van der Waals surface area contributed by atoms with Crippen LogP contribution >= 0.6 is 0 Å². The van der Waals surface area contributed by atoms with E-state index in [2.05, 4.69) is 17.2 Å². The van der Waals surface area contributed by atoms with Crippen molar-refractivity contribution in [1.29, 1.82) is 0 Å². The fourth-order valence-electron chi connectivity index (χ4n) is 2.35. The third-order valence-corrected chi connectivity index (χ3v) is 4.67. The number of nitrogens with one attached hydrogen (secondary N) is 2. The Morgan fingerprint density at radius 2 is 1.86 bits per heavy atom. The number of rotatable bonds is 5. The molecule has 22 heavy (non-hydrogen) atoms. The zero-order valence-corrected chi connectivity index (χ0v) is 12.9. The highest BCUT2D eigenvalue weighted by molar-refractivity contribution is 7.90. The van der Waals surface area contributed by atoms with Crippen molar-refractivity contribution >= 4 is 21.8 Å². The first-order chi connectivity index (χ1) is 10.1. The molecule has 3 amide bonds. The molecule has 1 aromatic carbocycles. The molecule has 118 valence electrons. The number of hydrogen-bond acceptors (Lipinski definition) is 5. The summed E-state index contributed by atoms with van der Waals surface area (Å²) in [5.41, 5.74) is 5.16. The molecule has 0 saturated carbocycles. The van der Waals surface area contributed by atoms with Crippen LogP contribution in [0.4, 0.5) is 4.79 Å². The molecular weight excluding hydrogens is 306 g/mol. The Morgan fingerprint density at radius 3 is 2.27 bits per heavy atom. The molecular formula is C14H17N3O4S. The number of carbonyl (C=O) groups is 2. The summed E-state index contributed by atoms with van der Waals surface area (Å²) in [5, 5.41) is 4.80. The second-order valence-corrected chi connectivity index (χ2v) is 7.28. The van der Waals surface area contributed by atoms with Crippen LogP contribution in [0.15, 0.2) is 41.4 Å². The van der Waals surface area contributed by atoms with Crippen LogP contribution in [-0.4, -0.2) is 26.6 Å². The largest absolute Gasteiger partial charge is 0.403 e. The molecule has 0 spiro atoms. The molecule has 1 aliphatic rings. The molecule has 8 heteroatoms. The average molecular weight is 323 g/mol. The monoisotopic (exact) mass is 323 g/mol. The van der Waals surface area contributed by atoms with E-state index in [0.717, 1.165) is 6.26 Å². The van der Waals surface area contributed by atoms with Crippen LogP contribution in [0.1, 0.15) is 18.4 Å². The summed E-state index contributed by atoms with van der Waals surface area (Å²) in [7, 11) is -3.33. The second kappa shape index (κ2) is 5.45. The predicted octanol–water partition coefficient (Wildman–Crippen LogP) is 0.377. The Kier molecular flexibility index (Phi) is 3.97. The quantitative estimate of drug-likeness (QED) is 0.677. The lowest BCUT2D eigenvalue weighted by molar-refractivity contribution is -0.124. The summed E-state index contributed by atoms with van der Waals surface area (Å²) in [5.74, 6) is -0.495. The van der Waals surface area contributed by atoms with Gasteiger partial charge in [-0.25, -0.2) is 13.2 Å². The van der Waals surface area contributed by atoms with Gasteiger partial charge in [-0.15, -0.1) is 0 Å². The van der Waals surface area contributed by atoms with Crippen LogP contribution < -0.4 is 16.4 Å². The summed E-state index contributed by atoms with van der Waals surface area (Å²) < 4.78 is 23.0. The van der Waals surface area contributed by atoms with Crippen molar-refractivity contribution in [1.82, 2.24) is 10.6 Å². The fraction of sp³-hybridized carbons (Fsp3) is 0.286. The van der Waals surface area contributed by atoms with Gasteiger partial charge in [0.15, 0.2) is 9.84 Å². The lowest BCUT2D eigenvalue weighted by atomic mass is 9.85. The summed E-state index contributed by atoms with van der Waals surface area (Å²) in [6, 6.07) is 5.24. The van der Waals surface area contributed by atoms with Crippen molar-refractivity contribution in [3.8, 4) is 0 Å². The minimum absolute atomic E-state index is 0.138. The van der Waals surface area contributed by atoms with Crippen molar-refractivity contribution < 1.29 is 18.0 Å². The van der Waals surface area contributed by atoms with E-state index < -0.39 is 27.3 Å². The van der Waals surface area contributed by atoms with E-state index >= 15 is 0 Å². The number of hydrogen-bond donors (Lipinski definition) is 3. The van der Waals surface area contributed by atoms with E-state index in [1.165, 1.54) is 24.3 Å². The van der Waals surface area contributed by atoms with Crippen molar-refractivity contribution in [2.75, 3.05) is 6.26 Å². The van der Waals surface area contributed by atoms with Crippen LogP contribution in [0.2, 0.25) is 0 Å². The number of sulfone groups is 1. The predicted molar refractivity (Wildman–Crippen MR) is 80.5 cm³/mol. The zero-order chi connectivity index (χ0) is 16.5. The highest BCUT2D eigenvalue weighted by Gasteiger charge is 2.47. The van der Waals surface area contributed by atoms with E-state index in [1.54, 1.807) is 0 Å². The number of carbonyl (C=O) groups excluding carboxylic acids is 2. The van der Waals surface area contributed by atoms with E-state index in [0.29, 0.717) is 17.7 Å². The summed E-state index contributed by atoms with van der Waals surface area (Å²) in [6.07, 6.45) is 1.67.